The van der Waals surface area contributed by atoms with Crippen LogP contribution in [0.1, 0.15) is 5.56 Å². The van der Waals surface area contributed by atoms with Crippen molar-refractivity contribution in [3.05, 3.63) is 63.5 Å². The number of nitrogens with zero attached hydrogens (tertiary/aromatic N) is 1. The van der Waals surface area contributed by atoms with Crippen LogP contribution in [0.5, 0.6) is 5.75 Å². The van der Waals surface area contributed by atoms with Crippen molar-refractivity contribution in [2.24, 2.45) is 0 Å². The first kappa shape index (κ1) is 15.8. The number of imidazole rings is 1. The van der Waals surface area contributed by atoms with Gasteiger partial charge in [-0.15, -0.1) is 0 Å². The number of amides is 1. The number of ether oxygens (including phenoxy) is 1. The maximum atomic E-state index is 12.3. The molecule has 6 nitrogen and oxygen atoms in total. The normalized spacial score (nSPS) is 15.8. The second kappa shape index (κ2) is 6.29. The number of nitrogens with one attached hydrogen (secondary N) is 2. The van der Waals surface area contributed by atoms with Gasteiger partial charge in [-0.2, -0.15) is 0 Å². The van der Waals surface area contributed by atoms with Gasteiger partial charge in [0, 0.05) is 24.5 Å². The summed E-state index contributed by atoms with van der Waals surface area (Å²) in [6, 6.07) is 12.8. The number of H-pyrrole nitrogens is 1. The van der Waals surface area contributed by atoms with E-state index in [0.717, 1.165) is 16.6 Å². The maximum Gasteiger partial charge on any atom is 0.326 e. The molecular formula is C18H16ClN3O3. The number of aromatic nitrogens is 2. The fourth-order valence-corrected chi connectivity index (χ4v) is 3.29. The molecule has 1 unspecified atom stereocenters. The van der Waals surface area contributed by atoms with Crippen LogP contribution in [0, 0.1) is 0 Å². The number of carbonyl (C=O) groups excluding carboxylic acids is 1. The fourth-order valence-electron chi connectivity index (χ4n) is 3.10. The third-order valence-corrected chi connectivity index (χ3v) is 4.54. The molecule has 2 aromatic carbocycles. The average molecular weight is 358 g/mol. The first-order valence-corrected chi connectivity index (χ1v) is 8.40. The Balaban J connectivity index is 1.38. The van der Waals surface area contributed by atoms with E-state index in [1.165, 1.54) is 0 Å². The summed E-state index contributed by atoms with van der Waals surface area (Å²) in [4.78, 5) is 27.1. The van der Waals surface area contributed by atoms with Crippen molar-refractivity contribution >= 4 is 28.5 Å². The Morgan fingerprint density at radius 3 is 3.04 bits per heavy atom. The van der Waals surface area contributed by atoms with Crippen molar-refractivity contribution in [2.75, 3.05) is 6.54 Å². The highest BCUT2D eigenvalue weighted by Crippen LogP contribution is 2.31. The van der Waals surface area contributed by atoms with E-state index in [0.29, 0.717) is 30.3 Å². The van der Waals surface area contributed by atoms with Crippen molar-refractivity contribution in [1.29, 1.82) is 0 Å². The van der Waals surface area contributed by atoms with Gasteiger partial charge in [-0.3, -0.25) is 9.36 Å². The number of fused-ring (bicyclic) bond motifs is 2. The van der Waals surface area contributed by atoms with Crippen LogP contribution < -0.4 is 15.7 Å². The summed E-state index contributed by atoms with van der Waals surface area (Å²) >= 11 is 5.96. The molecule has 1 atom stereocenters. The summed E-state index contributed by atoms with van der Waals surface area (Å²) in [5, 5.41) is 3.46. The summed E-state index contributed by atoms with van der Waals surface area (Å²) < 4.78 is 7.27. The summed E-state index contributed by atoms with van der Waals surface area (Å²) in [6.45, 7) is 0.734. The number of hydrogen-bond donors (Lipinski definition) is 2. The van der Waals surface area contributed by atoms with Crippen molar-refractivity contribution in [2.45, 2.75) is 19.1 Å². The predicted octanol–water partition coefficient (Wildman–Crippen LogP) is 2.10. The van der Waals surface area contributed by atoms with Gasteiger partial charge in [-0.05, 0) is 35.9 Å². The lowest BCUT2D eigenvalue weighted by molar-refractivity contribution is -0.127. The summed E-state index contributed by atoms with van der Waals surface area (Å²) in [5.74, 6) is 0.498. The molecule has 0 saturated heterocycles. The molecule has 7 heteroatoms. The average Bonchev–Trinajstić information content (AvgIpc) is 3.15. The van der Waals surface area contributed by atoms with Crippen molar-refractivity contribution < 1.29 is 9.53 Å². The van der Waals surface area contributed by atoms with Gasteiger partial charge in [0.25, 0.3) is 5.91 Å². The largest absolute Gasteiger partial charge is 0.480 e. The van der Waals surface area contributed by atoms with Crippen LogP contribution in [0.2, 0.25) is 5.02 Å². The first-order valence-electron chi connectivity index (χ1n) is 8.02. The second-order valence-corrected chi connectivity index (χ2v) is 6.39. The zero-order chi connectivity index (χ0) is 17.4. The topological polar surface area (TPSA) is 76.1 Å². The van der Waals surface area contributed by atoms with Crippen molar-refractivity contribution in [3.8, 4) is 5.75 Å². The molecule has 1 amide bonds. The molecule has 0 fully saturated rings. The molecule has 0 aliphatic carbocycles. The van der Waals surface area contributed by atoms with E-state index in [-0.39, 0.29) is 11.6 Å². The predicted molar refractivity (Wildman–Crippen MR) is 95.1 cm³/mol. The SMILES string of the molecule is O=C(NCCn1c(=O)[nH]c2ccccc21)C1Cc2cc(Cl)ccc2O1. The maximum absolute atomic E-state index is 12.3. The van der Waals surface area contributed by atoms with Gasteiger partial charge in [-0.1, -0.05) is 23.7 Å². The molecule has 1 aliphatic rings. The summed E-state index contributed by atoms with van der Waals surface area (Å²) in [6.07, 6.45) is -0.0671. The number of halogens is 1. The number of carbonyl (C=O) groups is 1. The Morgan fingerprint density at radius 2 is 2.16 bits per heavy atom. The number of hydrogen-bond acceptors (Lipinski definition) is 3. The highest BCUT2D eigenvalue weighted by Gasteiger charge is 2.28. The van der Waals surface area contributed by atoms with Crippen LogP contribution in [0.15, 0.2) is 47.3 Å². The zero-order valence-corrected chi connectivity index (χ0v) is 14.0. The van der Waals surface area contributed by atoms with E-state index < -0.39 is 6.10 Å². The van der Waals surface area contributed by atoms with Gasteiger partial charge in [0.1, 0.15) is 5.75 Å². The molecule has 1 aromatic heterocycles. The monoisotopic (exact) mass is 357 g/mol. The fraction of sp³-hybridized carbons (Fsp3) is 0.222. The molecule has 4 rings (SSSR count). The molecule has 2 heterocycles. The minimum atomic E-state index is -0.562. The molecule has 0 radical (unpaired) electrons. The lowest BCUT2D eigenvalue weighted by Crippen LogP contribution is -2.39. The number of rotatable bonds is 4. The Labute approximate surface area is 148 Å². The summed E-state index contributed by atoms with van der Waals surface area (Å²) in [7, 11) is 0. The smallest absolute Gasteiger partial charge is 0.326 e. The molecule has 1 aliphatic heterocycles. The molecular weight excluding hydrogens is 342 g/mol. The highest BCUT2D eigenvalue weighted by atomic mass is 35.5. The standard InChI is InChI=1S/C18H16ClN3O3/c19-12-5-6-15-11(9-12)10-16(25-15)17(23)20-7-8-22-14-4-2-1-3-13(14)21-18(22)24/h1-6,9,16H,7-8,10H2,(H,20,23)(H,21,24). The van der Waals surface area contributed by atoms with Crippen LogP contribution in [-0.2, 0) is 17.8 Å². The molecule has 128 valence electrons. The van der Waals surface area contributed by atoms with E-state index in [9.17, 15) is 9.59 Å². The van der Waals surface area contributed by atoms with E-state index in [2.05, 4.69) is 10.3 Å². The second-order valence-electron chi connectivity index (χ2n) is 5.95. The lowest BCUT2D eigenvalue weighted by atomic mass is 10.1. The minimum absolute atomic E-state index is 0.186. The van der Waals surface area contributed by atoms with E-state index in [1.807, 2.05) is 30.3 Å². The molecule has 2 N–H and O–H groups in total. The Bertz CT molecular complexity index is 1010. The van der Waals surface area contributed by atoms with Gasteiger partial charge in [0.05, 0.1) is 11.0 Å². The van der Waals surface area contributed by atoms with Gasteiger partial charge in [0.15, 0.2) is 6.10 Å². The number of aromatic amines is 1. The Kier molecular flexibility index (Phi) is 3.97. The Hall–Kier alpha value is -2.73. The third-order valence-electron chi connectivity index (χ3n) is 4.31. The first-order chi connectivity index (χ1) is 12.1. The molecule has 25 heavy (non-hydrogen) atoms. The summed E-state index contributed by atoms with van der Waals surface area (Å²) in [5.41, 5.74) is 2.35. The van der Waals surface area contributed by atoms with Crippen LogP contribution in [0.25, 0.3) is 11.0 Å². The van der Waals surface area contributed by atoms with Crippen LogP contribution in [-0.4, -0.2) is 28.1 Å². The molecule has 0 spiro atoms. The molecule has 3 aromatic rings. The van der Waals surface area contributed by atoms with Crippen LogP contribution in [0.3, 0.4) is 0 Å². The van der Waals surface area contributed by atoms with Crippen molar-refractivity contribution in [1.82, 2.24) is 14.9 Å². The Morgan fingerprint density at radius 1 is 1.32 bits per heavy atom. The van der Waals surface area contributed by atoms with Gasteiger partial charge >= 0.3 is 5.69 Å². The van der Waals surface area contributed by atoms with E-state index >= 15 is 0 Å². The molecule has 0 saturated carbocycles. The third kappa shape index (κ3) is 3.00. The van der Waals surface area contributed by atoms with Crippen LogP contribution >= 0.6 is 11.6 Å². The van der Waals surface area contributed by atoms with Crippen LogP contribution in [0.4, 0.5) is 0 Å². The highest BCUT2D eigenvalue weighted by molar-refractivity contribution is 6.30. The molecule has 0 bridgehead atoms. The zero-order valence-electron chi connectivity index (χ0n) is 13.3. The number of benzene rings is 2. The number of para-hydroxylation sites is 2. The van der Waals surface area contributed by atoms with E-state index in [1.54, 1.807) is 16.7 Å². The van der Waals surface area contributed by atoms with Gasteiger partial charge in [0.2, 0.25) is 0 Å². The van der Waals surface area contributed by atoms with E-state index in [4.69, 9.17) is 16.3 Å². The van der Waals surface area contributed by atoms with Gasteiger partial charge in [-0.25, -0.2) is 4.79 Å². The minimum Gasteiger partial charge on any atom is -0.480 e. The quantitative estimate of drug-likeness (QED) is 0.750. The van der Waals surface area contributed by atoms with Gasteiger partial charge < -0.3 is 15.0 Å². The lowest BCUT2D eigenvalue weighted by Gasteiger charge is -2.11. The van der Waals surface area contributed by atoms with Crippen molar-refractivity contribution in [3.63, 3.8) is 0 Å².